The third-order valence-electron chi connectivity index (χ3n) is 8.45. The molecular weight excluding hydrogens is 620 g/mol. The van der Waals surface area contributed by atoms with Crippen molar-refractivity contribution in [1.82, 2.24) is 4.90 Å². The van der Waals surface area contributed by atoms with E-state index in [9.17, 15) is 14.7 Å². The fourth-order valence-corrected chi connectivity index (χ4v) is 6.88. The first-order chi connectivity index (χ1) is 23.0. The molecule has 0 aromatic heterocycles. The van der Waals surface area contributed by atoms with Gasteiger partial charge in [0.2, 0.25) is 5.91 Å². The molecule has 1 saturated heterocycles. The maximum atomic E-state index is 12.7. The molecule has 0 radical (unpaired) electrons. The number of hydrogen-bond acceptors (Lipinski definition) is 8. The first kappa shape index (κ1) is 34.6. The van der Waals surface area contributed by atoms with E-state index in [0.29, 0.717) is 58.3 Å². The second-order valence-electron chi connectivity index (χ2n) is 11.6. The van der Waals surface area contributed by atoms with E-state index in [2.05, 4.69) is 0 Å². The normalized spacial score (nSPS) is 17.8. The zero-order valence-electron chi connectivity index (χ0n) is 27.1. The van der Waals surface area contributed by atoms with E-state index in [4.69, 9.17) is 23.7 Å². The van der Waals surface area contributed by atoms with Gasteiger partial charge in [-0.2, -0.15) is 0 Å². The lowest BCUT2D eigenvalue weighted by molar-refractivity contribution is -0.116. The summed E-state index contributed by atoms with van der Waals surface area (Å²) in [4.78, 5) is 28.9. The smallest absolute Gasteiger partial charge is 0.407 e. The SMILES string of the molecule is COCCCN1C(=O)CSc2ccc(COC3CN(C(=O)O)CCC3c3ccc(OCCCOCc4ccccc4OC)cc3)cc21. The highest BCUT2D eigenvalue weighted by Crippen LogP contribution is 2.37. The van der Waals surface area contributed by atoms with Gasteiger partial charge in [-0.25, -0.2) is 4.79 Å². The number of amides is 2. The number of carbonyl (C=O) groups is 2. The lowest BCUT2D eigenvalue weighted by atomic mass is 9.87. The molecule has 5 rings (SSSR count). The number of carboxylic acid groups (broad SMARTS) is 1. The summed E-state index contributed by atoms with van der Waals surface area (Å²) in [7, 11) is 3.32. The molecule has 2 amide bonds. The lowest BCUT2D eigenvalue weighted by Crippen LogP contribution is -2.46. The van der Waals surface area contributed by atoms with Gasteiger partial charge >= 0.3 is 6.09 Å². The average Bonchev–Trinajstić information content (AvgIpc) is 3.10. The molecule has 47 heavy (non-hydrogen) atoms. The van der Waals surface area contributed by atoms with Crippen LogP contribution in [-0.2, 0) is 32.2 Å². The van der Waals surface area contributed by atoms with Gasteiger partial charge in [-0.1, -0.05) is 36.4 Å². The largest absolute Gasteiger partial charge is 0.496 e. The Hall–Kier alpha value is -3.77. The molecule has 0 aliphatic carbocycles. The number of anilines is 1. The third-order valence-corrected chi connectivity index (χ3v) is 9.50. The number of para-hydroxylation sites is 1. The Kier molecular flexibility index (Phi) is 12.8. The van der Waals surface area contributed by atoms with Crippen molar-refractivity contribution >= 4 is 29.4 Å². The Morgan fingerprint density at radius 3 is 2.60 bits per heavy atom. The molecule has 2 unspecified atom stereocenters. The Balaban J connectivity index is 1.16. The molecule has 2 aliphatic heterocycles. The Morgan fingerprint density at radius 1 is 0.979 bits per heavy atom. The molecule has 0 saturated carbocycles. The number of thioether (sulfide) groups is 1. The van der Waals surface area contributed by atoms with E-state index in [1.807, 2.05) is 71.6 Å². The molecule has 252 valence electrons. The van der Waals surface area contributed by atoms with E-state index < -0.39 is 6.09 Å². The number of methoxy groups -OCH3 is 2. The van der Waals surface area contributed by atoms with Gasteiger partial charge in [0.15, 0.2) is 0 Å². The van der Waals surface area contributed by atoms with Crippen LogP contribution >= 0.6 is 11.8 Å². The van der Waals surface area contributed by atoms with Crippen molar-refractivity contribution < 1.29 is 38.4 Å². The van der Waals surface area contributed by atoms with Gasteiger partial charge in [0.25, 0.3) is 0 Å². The number of carbonyl (C=O) groups excluding carboxylic acids is 1. The van der Waals surface area contributed by atoms with E-state index in [1.54, 1.807) is 26.0 Å². The molecule has 2 heterocycles. The summed E-state index contributed by atoms with van der Waals surface area (Å²) in [6, 6.07) is 21.9. The van der Waals surface area contributed by atoms with Crippen LogP contribution in [0, 0.1) is 0 Å². The Bertz CT molecular complexity index is 1470. The van der Waals surface area contributed by atoms with Crippen LogP contribution in [0.25, 0.3) is 0 Å². The van der Waals surface area contributed by atoms with E-state index in [1.165, 1.54) is 4.90 Å². The molecule has 1 N–H and O–H groups in total. The van der Waals surface area contributed by atoms with Crippen molar-refractivity contribution in [2.24, 2.45) is 0 Å². The number of nitrogens with zero attached hydrogens (tertiary/aromatic N) is 2. The van der Waals surface area contributed by atoms with Crippen LogP contribution in [0.4, 0.5) is 10.5 Å². The topological polar surface area (TPSA) is 107 Å². The highest BCUT2D eigenvalue weighted by atomic mass is 32.2. The summed E-state index contributed by atoms with van der Waals surface area (Å²) < 4.78 is 28.8. The first-order valence-electron chi connectivity index (χ1n) is 16.0. The summed E-state index contributed by atoms with van der Waals surface area (Å²) in [5.74, 6) is 2.14. The van der Waals surface area contributed by atoms with Crippen LogP contribution in [0.15, 0.2) is 71.6 Å². The van der Waals surface area contributed by atoms with Gasteiger partial charge in [0, 0.05) is 49.6 Å². The minimum Gasteiger partial charge on any atom is -0.496 e. The van der Waals surface area contributed by atoms with Crippen molar-refractivity contribution in [2.45, 2.75) is 49.4 Å². The molecule has 2 aliphatic rings. The number of fused-ring (bicyclic) bond motifs is 1. The van der Waals surface area contributed by atoms with Crippen molar-refractivity contribution in [2.75, 3.05) is 64.3 Å². The van der Waals surface area contributed by atoms with E-state index >= 15 is 0 Å². The molecule has 0 bridgehead atoms. The van der Waals surface area contributed by atoms with E-state index in [-0.39, 0.29) is 24.5 Å². The number of rotatable bonds is 16. The number of piperidine rings is 1. The third kappa shape index (κ3) is 9.41. The molecule has 2 atom stereocenters. The maximum absolute atomic E-state index is 12.7. The highest BCUT2D eigenvalue weighted by Gasteiger charge is 2.33. The molecule has 3 aromatic rings. The standard InChI is InChI=1S/C36H44N2O8S/c1-42-18-5-16-38-31-21-26(9-14-34(31)47-25-35(38)39)23-46-33-22-37(36(40)41)17-15-30(33)27-10-12-29(13-11-27)45-20-6-19-44-24-28-7-3-4-8-32(28)43-2/h3-4,7-14,21,30,33H,5-6,15-20,22-25H2,1-2H3,(H,40,41). The average molecular weight is 665 g/mol. The number of benzene rings is 3. The Morgan fingerprint density at radius 2 is 1.81 bits per heavy atom. The summed E-state index contributed by atoms with van der Waals surface area (Å²) in [5.41, 5.74) is 3.94. The molecule has 3 aromatic carbocycles. The quantitative estimate of drug-likeness (QED) is 0.179. The van der Waals surface area contributed by atoms with Crippen LogP contribution < -0.4 is 14.4 Å². The molecular formula is C36H44N2O8S. The number of hydrogen-bond donors (Lipinski definition) is 1. The zero-order chi connectivity index (χ0) is 33.0. The van der Waals surface area contributed by atoms with Gasteiger partial charge in [-0.3, -0.25) is 4.79 Å². The van der Waals surface area contributed by atoms with Crippen LogP contribution in [-0.4, -0.2) is 87.5 Å². The van der Waals surface area contributed by atoms with E-state index in [0.717, 1.165) is 51.6 Å². The monoisotopic (exact) mass is 664 g/mol. The second-order valence-corrected chi connectivity index (χ2v) is 12.6. The fourth-order valence-electron chi connectivity index (χ4n) is 5.96. The van der Waals surface area contributed by atoms with Crippen LogP contribution in [0.5, 0.6) is 11.5 Å². The van der Waals surface area contributed by atoms with Crippen LogP contribution in [0.1, 0.15) is 41.9 Å². The molecule has 11 heteroatoms. The summed E-state index contributed by atoms with van der Waals surface area (Å²) in [6.45, 7) is 3.82. The first-order valence-corrected chi connectivity index (χ1v) is 17.0. The Labute approximate surface area is 280 Å². The van der Waals surface area contributed by atoms with Crippen molar-refractivity contribution in [1.29, 1.82) is 0 Å². The summed E-state index contributed by atoms with van der Waals surface area (Å²) in [6.07, 6.45) is 0.898. The predicted octanol–water partition coefficient (Wildman–Crippen LogP) is 6.21. The number of likely N-dealkylation sites (tertiary alicyclic amines) is 1. The van der Waals surface area contributed by atoms with Crippen molar-refractivity contribution in [3.05, 3.63) is 83.4 Å². The van der Waals surface area contributed by atoms with Crippen LogP contribution in [0.3, 0.4) is 0 Å². The minimum absolute atomic E-state index is 0.0309. The number of ether oxygens (including phenoxy) is 5. The van der Waals surface area contributed by atoms with Gasteiger partial charge in [-0.15, -0.1) is 11.8 Å². The maximum Gasteiger partial charge on any atom is 0.407 e. The molecule has 1 fully saturated rings. The lowest BCUT2D eigenvalue weighted by Gasteiger charge is -2.37. The van der Waals surface area contributed by atoms with Gasteiger partial charge in [0.05, 0.1) is 57.6 Å². The van der Waals surface area contributed by atoms with Crippen molar-refractivity contribution in [3.63, 3.8) is 0 Å². The van der Waals surface area contributed by atoms with Crippen LogP contribution in [0.2, 0.25) is 0 Å². The molecule has 0 spiro atoms. The van der Waals surface area contributed by atoms with Gasteiger partial charge in [-0.05, 0) is 54.3 Å². The fraction of sp³-hybridized carbons (Fsp3) is 0.444. The zero-order valence-corrected chi connectivity index (χ0v) is 27.9. The minimum atomic E-state index is -0.941. The predicted molar refractivity (Wildman–Crippen MR) is 181 cm³/mol. The van der Waals surface area contributed by atoms with Gasteiger partial charge < -0.3 is 38.6 Å². The van der Waals surface area contributed by atoms with Crippen molar-refractivity contribution in [3.8, 4) is 11.5 Å². The van der Waals surface area contributed by atoms with Gasteiger partial charge in [0.1, 0.15) is 11.5 Å². The molecule has 10 nitrogen and oxygen atoms in total. The summed E-state index contributed by atoms with van der Waals surface area (Å²) >= 11 is 1.55. The second kappa shape index (κ2) is 17.4. The highest BCUT2D eigenvalue weighted by molar-refractivity contribution is 8.00. The summed E-state index contributed by atoms with van der Waals surface area (Å²) in [5, 5.41) is 9.72.